The van der Waals surface area contributed by atoms with Crippen LogP contribution in [0.15, 0.2) is 63.7 Å². The fourth-order valence-electron chi connectivity index (χ4n) is 2.85. The fraction of sp³-hybridized carbons (Fsp3) is 0.0526. The zero-order valence-electron chi connectivity index (χ0n) is 13.2. The van der Waals surface area contributed by atoms with E-state index in [-0.39, 0.29) is 5.91 Å². The van der Waals surface area contributed by atoms with Crippen LogP contribution in [0.3, 0.4) is 0 Å². The van der Waals surface area contributed by atoms with Crippen molar-refractivity contribution < 1.29 is 13.9 Å². The van der Waals surface area contributed by atoms with Gasteiger partial charge in [-0.25, -0.2) is 0 Å². The van der Waals surface area contributed by atoms with Crippen LogP contribution in [0.2, 0.25) is 0 Å². The van der Waals surface area contributed by atoms with E-state index in [1.807, 2.05) is 24.3 Å². The van der Waals surface area contributed by atoms with Crippen LogP contribution in [0.5, 0.6) is 5.75 Å². The maximum absolute atomic E-state index is 13.0. The minimum Gasteiger partial charge on any atom is -0.496 e. The third-order valence-electron chi connectivity index (χ3n) is 3.94. The number of rotatable bonds is 3. The van der Waals surface area contributed by atoms with Crippen LogP contribution in [0.4, 0.5) is 5.69 Å². The van der Waals surface area contributed by atoms with Crippen LogP contribution >= 0.6 is 15.9 Å². The molecule has 0 atom stereocenters. The summed E-state index contributed by atoms with van der Waals surface area (Å²) in [4.78, 5) is 16.9. The van der Waals surface area contributed by atoms with Gasteiger partial charge < -0.3 is 14.5 Å². The maximum Gasteiger partial charge on any atom is 0.260 e. The smallest absolute Gasteiger partial charge is 0.260 e. The summed E-state index contributed by atoms with van der Waals surface area (Å²) in [6.45, 7) is 0. The molecule has 0 aliphatic rings. The zero-order chi connectivity index (χ0) is 17.4. The number of furan rings is 1. The molecule has 4 aromatic rings. The minimum atomic E-state index is -0.267. The summed E-state index contributed by atoms with van der Waals surface area (Å²) < 4.78 is 12.2. The normalized spacial score (nSPS) is 11.0. The van der Waals surface area contributed by atoms with Crippen molar-refractivity contribution in [2.45, 2.75) is 0 Å². The Hall–Kier alpha value is -2.86. The highest BCUT2D eigenvalue weighted by Gasteiger charge is 2.21. The van der Waals surface area contributed by atoms with Crippen LogP contribution in [0.25, 0.3) is 21.9 Å². The maximum atomic E-state index is 13.0. The molecule has 124 valence electrons. The predicted octanol–water partition coefficient (Wildman–Crippen LogP) is 5.00. The highest BCUT2D eigenvalue weighted by Crippen LogP contribution is 2.37. The number of anilines is 1. The van der Waals surface area contributed by atoms with Gasteiger partial charge in [-0.05, 0) is 42.5 Å². The number of ether oxygens (including phenoxy) is 1. The lowest BCUT2D eigenvalue weighted by molar-refractivity contribution is 0.102. The molecule has 5 nitrogen and oxygen atoms in total. The molecule has 2 aromatic carbocycles. The topological polar surface area (TPSA) is 64.4 Å². The summed E-state index contributed by atoms with van der Waals surface area (Å²) in [5.74, 6) is 0.220. The first-order chi connectivity index (χ1) is 12.2. The van der Waals surface area contributed by atoms with Gasteiger partial charge in [0, 0.05) is 33.3 Å². The second kappa shape index (κ2) is 6.22. The van der Waals surface area contributed by atoms with Crippen molar-refractivity contribution in [3.8, 4) is 5.75 Å². The second-order valence-electron chi connectivity index (χ2n) is 5.45. The van der Waals surface area contributed by atoms with Gasteiger partial charge in [-0.3, -0.25) is 9.78 Å². The molecule has 0 aliphatic heterocycles. The lowest BCUT2D eigenvalue weighted by Crippen LogP contribution is -2.13. The van der Waals surface area contributed by atoms with E-state index in [9.17, 15) is 4.79 Å². The van der Waals surface area contributed by atoms with Gasteiger partial charge in [-0.1, -0.05) is 15.9 Å². The zero-order valence-corrected chi connectivity index (χ0v) is 14.8. The summed E-state index contributed by atoms with van der Waals surface area (Å²) in [6, 6.07) is 12.7. The summed E-state index contributed by atoms with van der Waals surface area (Å²) >= 11 is 3.47. The number of aromatic nitrogens is 1. The van der Waals surface area contributed by atoms with Crippen molar-refractivity contribution in [2.75, 3.05) is 12.4 Å². The molecule has 0 saturated heterocycles. The number of amides is 1. The number of hydrogen-bond donors (Lipinski definition) is 1. The molecule has 0 radical (unpaired) electrons. The highest BCUT2D eigenvalue weighted by atomic mass is 79.9. The third kappa shape index (κ3) is 2.74. The Morgan fingerprint density at radius 1 is 1.12 bits per heavy atom. The van der Waals surface area contributed by atoms with Crippen molar-refractivity contribution >= 4 is 49.5 Å². The van der Waals surface area contributed by atoms with E-state index in [1.165, 1.54) is 0 Å². The van der Waals surface area contributed by atoms with Crippen LogP contribution < -0.4 is 10.1 Å². The van der Waals surface area contributed by atoms with Gasteiger partial charge in [-0.2, -0.15) is 0 Å². The Kier molecular flexibility index (Phi) is 3.89. The van der Waals surface area contributed by atoms with Gasteiger partial charge >= 0.3 is 0 Å². The first-order valence-corrected chi connectivity index (χ1v) is 8.37. The van der Waals surface area contributed by atoms with Crippen molar-refractivity contribution in [2.24, 2.45) is 0 Å². The molecule has 4 rings (SSSR count). The van der Waals surface area contributed by atoms with Crippen molar-refractivity contribution in [1.29, 1.82) is 0 Å². The van der Waals surface area contributed by atoms with Crippen molar-refractivity contribution in [3.63, 3.8) is 0 Å². The Balaban J connectivity index is 1.95. The van der Waals surface area contributed by atoms with E-state index >= 15 is 0 Å². The Labute approximate surface area is 151 Å². The van der Waals surface area contributed by atoms with E-state index in [2.05, 4.69) is 26.2 Å². The Bertz CT molecular complexity index is 1090. The van der Waals surface area contributed by atoms with Crippen molar-refractivity contribution in [3.05, 3.63) is 64.9 Å². The molecule has 0 spiro atoms. The first kappa shape index (κ1) is 15.7. The molecule has 2 heterocycles. The lowest BCUT2D eigenvalue weighted by atomic mass is 10.0. The average Bonchev–Trinajstić information content (AvgIpc) is 2.99. The standard InChI is InChI=1S/C19H13BrN2O3/c1-24-15-4-5-16-17(13-10-11(20)2-3-14(13)25-16)18(15)19(23)22-12-6-8-21-9-7-12/h2-10H,1H3,(H,21,22,23). The van der Waals surface area contributed by atoms with Crippen LogP contribution in [0.1, 0.15) is 10.4 Å². The van der Waals surface area contributed by atoms with Gasteiger partial charge in [0.1, 0.15) is 16.9 Å². The molecule has 0 aliphatic carbocycles. The number of benzene rings is 2. The lowest BCUT2D eigenvalue weighted by Gasteiger charge is -2.10. The Morgan fingerprint density at radius 2 is 1.88 bits per heavy atom. The number of methoxy groups -OCH3 is 1. The minimum absolute atomic E-state index is 0.267. The summed E-state index contributed by atoms with van der Waals surface area (Å²) in [5.41, 5.74) is 2.44. The molecule has 1 N–H and O–H groups in total. The van der Waals surface area contributed by atoms with Gasteiger partial charge in [0.05, 0.1) is 12.7 Å². The number of hydrogen-bond acceptors (Lipinski definition) is 4. The molecule has 25 heavy (non-hydrogen) atoms. The number of fused-ring (bicyclic) bond motifs is 3. The van der Waals surface area contributed by atoms with E-state index in [4.69, 9.17) is 9.15 Å². The molecule has 0 unspecified atom stereocenters. The molecule has 0 bridgehead atoms. The number of carbonyl (C=O) groups is 1. The van der Waals surface area contributed by atoms with E-state index in [1.54, 1.807) is 37.7 Å². The number of nitrogens with one attached hydrogen (secondary N) is 1. The van der Waals surface area contributed by atoms with E-state index in [0.717, 1.165) is 15.2 Å². The Morgan fingerprint density at radius 3 is 2.64 bits per heavy atom. The van der Waals surface area contributed by atoms with Crippen molar-refractivity contribution in [1.82, 2.24) is 4.98 Å². The molecular formula is C19H13BrN2O3. The number of nitrogens with zero attached hydrogens (tertiary/aromatic N) is 1. The largest absolute Gasteiger partial charge is 0.496 e. The molecule has 2 aromatic heterocycles. The monoisotopic (exact) mass is 396 g/mol. The van der Waals surface area contributed by atoms with E-state index < -0.39 is 0 Å². The predicted molar refractivity (Wildman–Crippen MR) is 100 cm³/mol. The second-order valence-corrected chi connectivity index (χ2v) is 6.36. The van der Waals surface area contributed by atoms with Gasteiger partial charge in [0.15, 0.2) is 0 Å². The third-order valence-corrected chi connectivity index (χ3v) is 4.44. The van der Waals surface area contributed by atoms with Gasteiger partial charge in [0.25, 0.3) is 5.91 Å². The summed E-state index contributed by atoms with van der Waals surface area (Å²) in [6.07, 6.45) is 3.25. The summed E-state index contributed by atoms with van der Waals surface area (Å²) in [5, 5.41) is 4.46. The summed E-state index contributed by atoms with van der Waals surface area (Å²) in [7, 11) is 1.54. The molecule has 0 fully saturated rings. The van der Waals surface area contributed by atoms with Gasteiger partial charge in [0.2, 0.25) is 0 Å². The molecule has 6 heteroatoms. The molecular weight excluding hydrogens is 384 g/mol. The van der Waals surface area contributed by atoms with Gasteiger partial charge in [-0.15, -0.1) is 0 Å². The SMILES string of the molecule is COc1ccc2oc3ccc(Br)cc3c2c1C(=O)Nc1ccncc1. The number of pyridine rings is 1. The molecule has 1 amide bonds. The molecule has 0 saturated carbocycles. The highest BCUT2D eigenvalue weighted by molar-refractivity contribution is 9.10. The van der Waals surface area contributed by atoms with Crippen LogP contribution in [-0.4, -0.2) is 18.0 Å². The van der Waals surface area contributed by atoms with E-state index in [0.29, 0.717) is 28.2 Å². The first-order valence-electron chi connectivity index (χ1n) is 7.57. The quantitative estimate of drug-likeness (QED) is 0.528. The average molecular weight is 397 g/mol. The van der Waals surface area contributed by atoms with Crippen LogP contribution in [-0.2, 0) is 0 Å². The number of halogens is 1. The van der Waals surface area contributed by atoms with Crippen LogP contribution in [0, 0.1) is 0 Å². The number of carbonyl (C=O) groups excluding carboxylic acids is 1. The fourth-order valence-corrected chi connectivity index (χ4v) is 3.21.